The zero-order valence-electron chi connectivity index (χ0n) is 18.8. The van der Waals surface area contributed by atoms with Gasteiger partial charge >= 0.3 is 11.6 Å². The minimum Gasteiger partial charge on any atom is -0.508 e. The van der Waals surface area contributed by atoms with Crippen LogP contribution in [0.5, 0.6) is 11.5 Å². The third-order valence-electron chi connectivity index (χ3n) is 5.19. The number of aryl methyl sites for hydroxylation is 1. The summed E-state index contributed by atoms with van der Waals surface area (Å²) in [4.78, 5) is 36.6. The lowest BCUT2D eigenvalue weighted by Gasteiger charge is -2.18. The van der Waals surface area contributed by atoms with E-state index in [1.807, 2.05) is 13.8 Å². The summed E-state index contributed by atoms with van der Waals surface area (Å²) in [7, 11) is 0. The van der Waals surface area contributed by atoms with Gasteiger partial charge in [0.25, 0.3) is 0 Å². The second kappa shape index (κ2) is 10.2. The third-order valence-corrected chi connectivity index (χ3v) is 5.19. The number of hydrogen-bond acceptors (Lipinski definition) is 6. The lowest BCUT2D eigenvalue weighted by Crippen LogP contribution is -2.32. The molecule has 3 aromatic rings. The van der Waals surface area contributed by atoms with Crippen molar-refractivity contribution < 1.29 is 29.0 Å². The zero-order chi connectivity index (χ0) is 24.1. The summed E-state index contributed by atoms with van der Waals surface area (Å²) < 4.78 is 10.9. The van der Waals surface area contributed by atoms with E-state index in [9.17, 15) is 24.6 Å². The van der Waals surface area contributed by atoms with Gasteiger partial charge in [0, 0.05) is 11.5 Å². The Morgan fingerprint density at radius 2 is 1.82 bits per heavy atom. The number of carbonyl (C=O) groups excluding carboxylic acids is 1. The highest BCUT2D eigenvalue weighted by Gasteiger charge is 2.21. The number of ether oxygens (including phenoxy) is 1. The van der Waals surface area contributed by atoms with E-state index in [0.29, 0.717) is 34.8 Å². The summed E-state index contributed by atoms with van der Waals surface area (Å²) >= 11 is 0. The van der Waals surface area contributed by atoms with Crippen molar-refractivity contribution in [2.45, 2.75) is 39.7 Å². The monoisotopic (exact) mass is 453 g/mol. The number of benzene rings is 2. The third kappa shape index (κ3) is 6.12. The van der Waals surface area contributed by atoms with Crippen LogP contribution in [-0.2, 0) is 16.0 Å². The molecule has 0 bridgehead atoms. The number of phenolic OH excluding ortho intramolecular Hbond substituents is 1. The molecule has 0 fully saturated rings. The van der Waals surface area contributed by atoms with E-state index in [4.69, 9.17) is 9.15 Å². The maximum Gasteiger partial charge on any atom is 0.340 e. The smallest absolute Gasteiger partial charge is 0.340 e. The first-order chi connectivity index (χ1) is 15.6. The SMILES string of the molecule is Cc1c(CC(=O)N[C@@H](CC(=O)O)c2ccc(OCC(C)C)cc2)c(=O)oc2cc(O)ccc12. The highest BCUT2D eigenvalue weighted by molar-refractivity contribution is 5.85. The standard InChI is InChI=1S/C25H27NO7/c1-14(2)13-32-18-7-4-16(5-8-18)21(12-24(29)30)26-23(28)11-20-15(3)19-9-6-17(27)10-22(19)33-25(20)31/h4-10,14,21,27H,11-13H2,1-3H3,(H,26,28)(H,29,30)/t21-/m0/s1. The van der Waals surface area contributed by atoms with E-state index in [1.54, 1.807) is 37.3 Å². The molecule has 0 spiro atoms. The average molecular weight is 453 g/mol. The number of aromatic hydroxyl groups is 1. The molecule has 8 nitrogen and oxygen atoms in total. The van der Waals surface area contributed by atoms with Crippen molar-refractivity contribution in [3.05, 3.63) is 69.6 Å². The van der Waals surface area contributed by atoms with Gasteiger partial charge in [-0.15, -0.1) is 0 Å². The number of amides is 1. The Bertz CT molecular complexity index is 1210. The van der Waals surface area contributed by atoms with Crippen LogP contribution < -0.4 is 15.7 Å². The second-order valence-electron chi connectivity index (χ2n) is 8.34. The van der Waals surface area contributed by atoms with Gasteiger partial charge in [0.2, 0.25) is 5.91 Å². The van der Waals surface area contributed by atoms with Gasteiger partial charge in [0.15, 0.2) is 0 Å². The van der Waals surface area contributed by atoms with Crippen LogP contribution >= 0.6 is 0 Å². The van der Waals surface area contributed by atoms with E-state index < -0.39 is 23.5 Å². The lowest BCUT2D eigenvalue weighted by molar-refractivity contribution is -0.137. The minimum absolute atomic E-state index is 0.0346. The number of phenols is 1. The molecule has 1 heterocycles. The molecule has 1 aromatic heterocycles. The van der Waals surface area contributed by atoms with Crippen LogP contribution in [0.2, 0.25) is 0 Å². The molecule has 8 heteroatoms. The molecule has 3 N–H and O–H groups in total. The molecule has 1 amide bonds. The van der Waals surface area contributed by atoms with E-state index in [2.05, 4.69) is 5.32 Å². The lowest BCUT2D eigenvalue weighted by atomic mass is 10.0. The van der Waals surface area contributed by atoms with E-state index in [1.165, 1.54) is 12.1 Å². The maximum atomic E-state index is 12.8. The highest BCUT2D eigenvalue weighted by Crippen LogP contribution is 2.24. The molecule has 174 valence electrons. The number of aliphatic carboxylic acids is 1. The summed E-state index contributed by atoms with van der Waals surface area (Å²) in [6.45, 7) is 6.33. The molecule has 2 aromatic carbocycles. The zero-order valence-corrected chi connectivity index (χ0v) is 18.8. The molecule has 33 heavy (non-hydrogen) atoms. The molecule has 0 aliphatic rings. The molecule has 0 aliphatic heterocycles. The first kappa shape index (κ1) is 23.8. The van der Waals surface area contributed by atoms with Crippen LogP contribution in [0.25, 0.3) is 11.0 Å². The van der Waals surface area contributed by atoms with Crippen LogP contribution in [0.1, 0.15) is 43.0 Å². The van der Waals surface area contributed by atoms with Crippen molar-refractivity contribution in [1.82, 2.24) is 5.32 Å². The molecule has 0 aliphatic carbocycles. The molecule has 0 unspecified atom stereocenters. The Morgan fingerprint density at radius 1 is 1.12 bits per heavy atom. The minimum atomic E-state index is -1.07. The topological polar surface area (TPSA) is 126 Å². The van der Waals surface area contributed by atoms with Gasteiger partial charge in [-0.05, 0) is 48.2 Å². The fraction of sp³-hybridized carbons (Fsp3) is 0.320. The normalized spacial score (nSPS) is 12.0. The number of nitrogens with one attached hydrogen (secondary N) is 1. The first-order valence-electron chi connectivity index (χ1n) is 10.6. The van der Waals surface area contributed by atoms with Crippen LogP contribution in [0.4, 0.5) is 0 Å². The Labute approximate surface area is 190 Å². The molecule has 0 saturated carbocycles. The van der Waals surface area contributed by atoms with Crippen LogP contribution in [0.15, 0.2) is 51.7 Å². The molecule has 3 rings (SSSR count). The van der Waals surface area contributed by atoms with Gasteiger partial charge in [0.05, 0.1) is 31.1 Å². The van der Waals surface area contributed by atoms with Crippen LogP contribution in [-0.4, -0.2) is 28.7 Å². The van der Waals surface area contributed by atoms with Crippen molar-refractivity contribution >= 4 is 22.8 Å². The van der Waals surface area contributed by atoms with E-state index >= 15 is 0 Å². The molecular formula is C25H27NO7. The van der Waals surface area contributed by atoms with E-state index in [-0.39, 0.29) is 29.7 Å². The quantitative estimate of drug-likeness (QED) is 0.422. The molecular weight excluding hydrogens is 426 g/mol. The van der Waals surface area contributed by atoms with E-state index in [0.717, 1.165) is 0 Å². The van der Waals surface area contributed by atoms with Crippen LogP contribution in [0.3, 0.4) is 0 Å². The highest BCUT2D eigenvalue weighted by atomic mass is 16.5. The number of carboxylic acids is 1. The Kier molecular flexibility index (Phi) is 7.37. The van der Waals surface area contributed by atoms with Crippen molar-refractivity contribution in [3.63, 3.8) is 0 Å². The number of carbonyl (C=O) groups is 2. The number of hydrogen-bond donors (Lipinski definition) is 3. The summed E-state index contributed by atoms with van der Waals surface area (Å²) in [6.07, 6.45) is -0.584. The van der Waals surface area contributed by atoms with Gasteiger partial charge in [-0.25, -0.2) is 4.79 Å². The first-order valence-corrected chi connectivity index (χ1v) is 10.6. The fourth-order valence-corrected chi connectivity index (χ4v) is 3.48. The summed E-state index contributed by atoms with van der Waals surface area (Å²) in [5, 5.41) is 22.2. The van der Waals surface area contributed by atoms with Crippen molar-refractivity contribution in [1.29, 1.82) is 0 Å². The number of fused-ring (bicyclic) bond motifs is 1. The van der Waals surface area contributed by atoms with Gasteiger partial charge < -0.3 is 24.7 Å². The summed E-state index contributed by atoms with van der Waals surface area (Å²) in [5.41, 5.74) is 0.905. The number of rotatable bonds is 9. The molecule has 1 atom stereocenters. The van der Waals surface area contributed by atoms with Gasteiger partial charge in [-0.1, -0.05) is 26.0 Å². The van der Waals surface area contributed by atoms with Crippen molar-refractivity contribution in [2.24, 2.45) is 5.92 Å². The Hall–Kier alpha value is -3.81. The van der Waals surface area contributed by atoms with Crippen LogP contribution in [0, 0.1) is 12.8 Å². The second-order valence-corrected chi connectivity index (χ2v) is 8.34. The van der Waals surface area contributed by atoms with Crippen molar-refractivity contribution in [2.75, 3.05) is 6.61 Å². The Morgan fingerprint density at radius 3 is 2.45 bits per heavy atom. The molecule has 0 saturated heterocycles. The Balaban J connectivity index is 1.79. The van der Waals surface area contributed by atoms with Crippen molar-refractivity contribution in [3.8, 4) is 11.5 Å². The predicted octanol–water partition coefficient (Wildman–Crippen LogP) is 3.72. The average Bonchev–Trinajstić information content (AvgIpc) is 2.74. The van der Waals surface area contributed by atoms with Gasteiger partial charge in [-0.3, -0.25) is 9.59 Å². The largest absolute Gasteiger partial charge is 0.508 e. The predicted molar refractivity (Wildman–Crippen MR) is 123 cm³/mol. The fourth-order valence-electron chi connectivity index (χ4n) is 3.48. The maximum absolute atomic E-state index is 12.8. The summed E-state index contributed by atoms with van der Waals surface area (Å²) in [5.74, 6) is -0.585. The number of carboxylic acid groups (broad SMARTS) is 1. The van der Waals surface area contributed by atoms with Gasteiger partial charge in [-0.2, -0.15) is 0 Å². The molecule has 0 radical (unpaired) electrons. The van der Waals surface area contributed by atoms with Gasteiger partial charge in [0.1, 0.15) is 17.1 Å². The summed E-state index contributed by atoms with van der Waals surface area (Å²) in [6, 6.07) is 10.5.